The maximum atomic E-state index is 6.57. The Hall–Kier alpha value is -7.72. The molecule has 0 bridgehead atoms. The van der Waals surface area contributed by atoms with E-state index in [1.165, 1.54) is 86.7 Å². The molecule has 3 heteroatoms. The highest BCUT2D eigenvalue weighted by Crippen LogP contribution is 2.52. The molecule has 0 spiro atoms. The Morgan fingerprint density at radius 3 is 1.93 bits per heavy atom. The van der Waals surface area contributed by atoms with Gasteiger partial charge in [-0.15, -0.1) is 11.3 Å². The van der Waals surface area contributed by atoms with Gasteiger partial charge in [-0.1, -0.05) is 178 Å². The lowest BCUT2D eigenvalue weighted by atomic mass is 9.67. The van der Waals surface area contributed by atoms with Crippen molar-refractivity contribution in [1.82, 2.24) is 0 Å². The van der Waals surface area contributed by atoms with E-state index < -0.39 is 0 Å². The molecule has 0 radical (unpaired) electrons. The van der Waals surface area contributed by atoms with E-state index in [1.54, 1.807) is 0 Å². The molecular formula is C64H47NOS. The van der Waals surface area contributed by atoms with Crippen LogP contribution in [0.25, 0.3) is 75.1 Å². The summed E-state index contributed by atoms with van der Waals surface area (Å²) in [6.07, 6.45) is 1.98. The second kappa shape index (κ2) is 15.7. The SMILES string of the molecule is CC1(C)CCc2c(N(c3cccc(-c4ccccc4)c3)c3ccc4c(c3)oc3ccccc34)ccc3ccc(C(c4cccc(-c5ccccc5)c4)c4ccc5c(c4)sc4ccccc45)c1c23. The van der Waals surface area contributed by atoms with Gasteiger partial charge in [0.2, 0.25) is 0 Å². The van der Waals surface area contributed by atoms with Gasteiger partial charge < -0.3 is 9.32 Å². The minimum absolute atomic E-state index is 0.000652. The molecule has 0 N–H and O–H groups in total. The van der Waals surface area contributed by atoms with Crippen LogP contribution in [0.15, 0.2) is 223 Å². The number of anilines is 3. The number of aryl methyl sites for hydroxylation is 1. The van der Waals surface area contributed by atoms with Crippen LogP contribution in [0.1, 0.15) is 54.0 Å². The molecule has 1 aliphatic carbocycles. The molecule has 10 aromatic carbocycles. The van der Waals surface area contributed by atoms with E-state index in [9.17, 15) is 0 Å². The number of rotatable bonds is 8. The summed E-state index contributed by atoms with van der Waals surface area (Å²) >= 11 is 1.90. The van der Waals surface area contributed by atoms with Crippen molar-refractivity contribution in [2.45, 2.75) is 38.0 Å². The first-order chi connectivity index (χ1) is 32.9. The summed E-state index contributed by atoms with van der Waals surface area (Å²) in [4.78, 5) is 2.48. The molecule has 2 aromatic heterocycles. The Labute approximate surface area is 395 Å². The smallest absolute Gasteiger partial charge is 0.137 e. The summed E-state index contributed by atoms with van der Waals surface area (Å²) in [6, 6.07) is 80.7. The van der Waals surface area contributed by atoms with E-state index in [2.05, 4.69) is 231 Å². The van der Waals surface area contributed by atoms with Gasteiger partial charge in [-0.3, -0.25) is 0 Å². The van der Waals surface area contributed by atoms with Crippen LogP contribution in [0.5, 0.6) is 0 Å². The molecule has 2 heterocycles. The monoisotopic (exact) mass is 877 g/mol. The number of para-hydroxylation sites is 1. The van der Waals surface area contributed by atoms with Crippen LogP contribution in [0, 0.1) is 0 Å². The number of furan rings is 1. The van der Waals surface area contributed by atoms with Crippen molar-refractivity contribution in [2.75, 3.05) is 4.90 Å². The third-order valence-corrected chi connectivity index (χ3v) is 15.6. The van der Waals surface area contributed by atoms with Crippen molar-refractivity contribution in [1.29, 1.82) is 0 Å². The third kappa shape index (κ3) is 6.68. The number of nitrogens with zero attached hydrogens (tertiary/aromatic N) is 1. The number of hydrogen-bond donors (Lipinski definition) is 0. The summed E-state index contributed by atoms with van der Waals surface area (Å²) in [5.74, 6) is 0.000652. The molecule has 2 nitrogen and oxygen atoms in total. The Balaban J connectivity index is 1.06. The van der Waals surface area contributed by atoms with Gasteiger partial charge in [0.05, 0.1) is 0 Å². The summed E-state index contributed by atoms with van der Waals surface area (Å²) in [5, 5.41) is 7.58. The van der Waals surface area contributed by atoms with Gasteiger partial charge in [-0.05, 0) is 128 Å². The van der Waals surface area contributed by atoms with Crippen LogP contribution < -0.4 is 4.90 Å². The topological polar surface area (TPSA) is 16.4 Å². The quantitative estimate of drug-likeness (QED) is 0.141. The molecule has 13 rings (SSSR count). The van der Waals surface area contributed by atoms with Gasteiger partial charge in [-0.25, -0.2) is 0 Å². The molecule has 12 aromatic rings. The van der Waals surface area contributed by atoms with Crippen molar-refractivity contribution >= 4 is 81.3 Å². The molecule has 320 valence electrons. The first kappa shape index (κ1) is 39.6. The molecule has 1 aliphatic rings. The van der Waals surface area contributed by atoms with Gasteiger partial charge in [0, 0.05) is 60.0 Å². The summed E-state index contributed by atoms with van der Waals surface area (Å²) in [7, 11) is 0. The van der Waals surface area contributed by atoms with E-state index in [0.29, 0.717) is 0 Å². The molecule has 1 atom stereocenters. The number of fused-ring (bicyclic) bond motifs is 6. The Morgan fingerprint density at radius 1 is 0.478 bits per heavy atom. The Bertz CT molecular complexity index is 3850. The Kier molecular flexibility index (Phi) is 9.30. The zero-order valence-electron chi connectivity index (χ0n) is 37.5. The normalized spacial score (nSPS) is 13.8. The fourth-order valence-electron chi connectivity index (χ4n) is 11.2. The van der Waals surface area contributed by atoms with Crippen LogP contribution in [0.2, 0.25) is 0 Å². The molecule has 0 amide bonds. The molecule has 0 saturated carbocycles. The highest BCUT2D eigenvalue weighted by Gasteiger charge is 2.36. The van der Waals surface area contributed by atoms with Crippen molar-refractivity contribution in [2.24, 2.45) is 0 Å². The second-order valence-electron chi connectivity index (χ2n) is 18.9. The van der Waals surface area contributed by atoms with E-state index in [1.807, 2.05) is 17.4 Å². The lowest BCUT2D eigenvalue weighted by Gasteiger charge is -2.39. The zero-order valence-corrected chi connectivity index (χ0v) is 38.4. The average molecular weight is 878 g/mol. The molecule has 1 unspecified atom stereocenters. The van der Waals surface area contributed by atoms with Crippen molar-refractivity contribution in [3.05, 3.63) is 246 Å². The molecule has 0 saturated heterocycles. The van der Waals surface area contributed by atoms with E-state index in [0.717, 1.165) is 46.2 Å². The predicted octanol–water partition coefficient (Wildman–Crippen LogP) is 18.3. The minimum atomic E-state index is -0.0945. The first-order valence-electron chi connectivity index (χ1n) is 23.5. The molecular weight excluding hydrogens is 831 g/mol. The van der Waals surface area contributed by atoms with Crippen molar-refractivity contribution in [3.8, 4) is 22.3 Å². The number of thiophene rings is 1. The van der Waals surface area contributed by atoms with Crippen LogP contribution in [-0.2, 0) is 11.8 Å². The van der Waals surface area contributed by atoms with Gasteiger partial charge >= 0.3 is 0 Å². The zero-order chi connectivity index (χ0) is 44.6. The van der Waals surface area contributed by atoms with Gasteiger partial charge in [0.1, 0.15) is 11.2 Å². The van der Waals surface area contributed by atoms with Crippen LogP contribution in [0.3, 0.4) is 0 Å². The van der Waals surface area contributed by atoms with Gasteiger partial charge in [-0.2, -0.15) is 0 Å². The summed E-state index contributed by atoms with van der Waals surface area (Å²) in [5.41, 5.74) is 16.8. The van der Waals surface area contributed by atoms with Crippen LogP contribution in [0.4, 0.5) is 17.1 Å². The maximum Gasteiger partial charge on any atom is 0.137 e. The lowest BCUT2D eigenvalue weighted by molar-refractivity contribution is 0.470. The number of hydrogen-bond acceptors (Lipinski definition) is 3. The van der Waals surface area contributed by atoms with Crippen LogP contribution in [-0.4, -0.2) is 0 Å². The lowest BCUT2D eigenvalue weighted by Crippen LogP contribution is -2.27. The van der Waals surface area contributed by atoms with E-state index in [4.69, 9.17) is 4.42 Å². The third-order valence-electron chi connectivity index (χ3n) is 14.4. The highest BCUT2D eigenvalue weighted by atomic mass is 32.1. The van der Waals surface area contributed by atoms with Gasteiger partial charge in [0.15, 0.2) is 0 Å². The minimum Gasteiger partial charge on any atom is -0.456 e. The molecule has 67 heavy (non-hydrogen) atoms. The van der Waals surface area contributed by atoms with E-state index >= 15 is 0 Å². The molecule has 0 aliphatic heterocycles. The predicted molar refractivity (Wildman–Crippen MR) is 285 cm³/mol. The standard InChI is InChI=1S/C64H47NOS/c1-64(2)36-35-54-56(65(48-22-14-20-45(38-48)42-17-7-4-8-18-42)49-30-33-51-50-23-9-11-25-57(50)66-58(51)40-49)34-29-43-27-32-55(63(64)62(43)54)61(46-21-13-19-44(37-46)41-15-5-3-6-16-41)47-28-31-53-52-24-10-12-26-59(52)67-60(53)39-47/h3-34,37-40,61H,35-36H2,1-2H3. The summed E-state index contributed by atoms with van der Waals surface area (Å²) in [6.45, 7) is 4.95. The number of benzene rings is 10. The molecule has 0 fully saturated rings. The van der Waals surface area contributed by atoms with Gasteiger partial charge in [0.25, 0.3) is 0 Å². The first-order valence-corrected chi connectivity index (χ1v) is 24.3. The fraction of sp³-hybridized carbons (Fsp3) is 0.0938. The van der Waals surface area contributed by atoms with Crippen molar-refractivity contribution < 1.29 is 4.42 Å². The van der Waals surface area contributed by atoms with E-state index in [-0.39, 0.29) is 11.3 Å². The second-order valence-corrected chi connectivity index (χ2v) is 20.0. The van der Waals surface area contributed by atoms with Crippen molar-refractivity contribution in [3.63, 3.8) is 0 Å². The largest absolute Gasteiger partial charge is 0.456 e. The Morgan fingerprint density at radius 2 is 1.10 bits per heavy atom. The fourth-order valence-corrected chi connectivity index (χ4v) is 12.4. The highest BCUT2D eigenvalue weighted by molar-refractivity contribution is 7.25. The maximum absolute atomic E-state index is 6.57. The van der Waals surface area contributed by atoms with Crippen LogP contribution >= 0.6 is 11.3 Å². The average Bonchev–Trinajstić information content (AvgIpc) is 3.94. The summed E-state index contributed by atoms with van der Waals surface area (Å²) < 4.78 is 9.23.